The first-order chi connectivity index (χ1) is 71.4. The van der Waals surface area contributed by atoms with Crippen molar-refractivity contribution in [2.24, 2.45) is 64.8 Å². The van der Waals surface area contributed by atoms with Gasteiger partial charge >= 0.3 is 0 Å². The summed E-state index contributed by atoms with van der Waals surface area (Å²) in [5, 5.41) is 56.2. The van der Waals surface area contributed by atoms with Gasteiger partial charge in [0.05, 0.1) is 153 Å². The number of nitrogens with zero attached hydrogens (tertiary/aromatic N) is 14. The number of nitrogen functional groups attached to an aromatic ring is 2. The molecule has 0 saturated carbocycles. The van der Waals surface area contributed by atoms with Crippen LogP contribution in [0.1, 0.15) is 175 Å². The fourth-order valence-electron chi connectivity index (χ4n) is 19.8. The first-order valence-corrected chi connectivity index (χ1v) is 50.3. The number of rotatable bonds is 25. The van der Waals surface area contributed by atoms with Crippen molar-refractivity contribution in [3.63, 3.8) is 0 Å². The molecule has 8 unspecified atom stereocenters. The molecule has 0 aliphatic carbocycles. The summed E-state index contributed by atoms with van der Waals surface area (Å²) in [5.41, 5.74) is 20.8. The lowest BCUT2D eigenvalue weighted by atomic mass is 9.89. The van der Waals surface area contributed by atoms with Crippen LogP contribution in [-0.4, -0.2) is 187 Å². The Labute approximate surface area is 862 Å². The molecule has 786 valence electrons. The van der Waals surface area contributed by atoms with E-state index in [1.54, 1.807) is 96.6 Å². The number of aromatic nitrogens is 14. The van der Waals surface area contributed by atoms with Crippen LogP contribution >= 0.6 is 0 Å². The molecule has 6 aliphatic rings. The molecule has 15 heterocycles. The second kappa shape index (κ2) is 47.8. The number of benzene rings is 5. The number of allylic oxidation sites excluding steroid dienone is 3. The molecule has 4 amide bonds. The second-order valence-electron chi connectivity index (χ2n) is 40.2. The van der Waals surface area contributed by atoms with Gasteiger partial charge in [0.25, 0.3) is 23.6 Å². The van der Waals surface area contributed by atoms with Crippen LogP contribution in [0.15, 0.2) is 206 Å². The van der Waals surface area contributed by atoms with Gasteiger partial charge in [-0.3, -0.25) is 47.6 Å². The van der Waals surface area contributed by atoms with Crippen molar-refractivity contribution in [2.45, 2.75) is 181 Å². The molecule has 149 heavy (non-hydrogen) atoms. The van der Waals surface area contributed by atoms with Crippen LogP contribution in [0.5, 0.6) is 29.4 Å². The molecular weight excluding hydrogens is 1910 g/mol. The van der Waals surface area contributed by atoms with Gasteiger partial charge in [-0.05, 0) is 321 Å². The number of ether oxygens (including phenoxy) is 10. The van der Waals surface area contributed by atoms with E-state index in [4.69, 9.17) is 58.8 Å². The van der Waals surface area contributed by atoms with Crippen molar-refractivity contribution in [3.05, 3.63) is 235 Å². The largest absolute Gasteiger partial charge is 0.859 e. The molecule has 10 N–H and O–H groups in total. The van der Waals surface area contributed by atoms with E-state index in [2.05, 4.69) is 147 Å². The summed E-state index contributed by atoms with van der Waals surface area (Å²) >= 11 is 0. The quantitative estimate of drug-likeness (QED) is 0.0246. The summed E-state index contributed by atoms with van der Waals surface area (Å²) in [4.78, 5) is 65.6. The number of nitrogens with one attached hydrogen (secondary N) is 6. The molecule has 0 radical (unpaired) electrons. The average Bonchev–Trinajstić information content (AvgIpc) is 1.66. The van der Waals surface area contributed by atoms with Crippen LogP contribution in [0, 0.1) is 35.4 Å². The molecule has 37 nitrogen and oxygen atoms in total. The lowest BCUT2D eigenvalue weighted by Gasteiger charge is -2.35. The van der Waals surface area contributed by atoms with Crippen molar-refractivity contribution < 1.29 is 80.4 Å². The number of pyridine rings is 4. The van der Waals surface area contributed by atoms with E-state index in [1.165, 1.54) is 24.3 Å². The molecular formula is C110H131F2N22O15-. The fourth-order valence-corrected chi connectivity index (χ4v) is 19.8. The van der Waals surface area contributed by atoms with Gasteiger partial charge in [-0.2, -0.15) is 0 Å². The fraction of sp³-hybridized carbons (Fsp3) is 0.409. The monoisotopic (exact) mass is 2040 g/mol. The molecule has 5 aromatic carbocycles. The molecule has 6 aliphatic heterocycles. The maximum absolute atomic E-state index is 13.0. The first-order valence-electron chi connectivity index (χ1n) is 50.3. The third kappa shape index (κ3) is 28.0. The minimum atomic E-state index is -0.486. The van der Waals surface area contributed by atoms with E-state index in [9.17, 15) is 33.1 Å². The summed E-state index contributed by atoms with van der Waals surface area (Å²) < 4.78 is 94.1. The maximum Gasteiger partial charge on any atom is 0.276 e. The number of nitrogens with two attached hydrogens (primary N) is 2. The molecule has 5 saturated heterocycles. The molecule has 14 aromatic rings. The van der Waals surface area contributed by atoms with Gasteiger partial charge in [0.2, 0.25) is 29.4 Å². The first kappa shape index (κ1) is 107. The van der Waals surface area contributed by atoms with E-state index < -0.39 is 17.6 Å². The number of carbonyl (C=O) groups excluding carboxylic acids is 4. The van der Waals surface area contributed by atoms with E-state index in [-0.39, 0.29) is 94.2 Å². The van der Waals surface area contributed by atoms with Crippen molar-refractivity contribution in [1.82, 2.24) is 74.2 Å². The zero-order valence-electron chi connectivity index (χ0n) is 86.6. The van der Waals surface area contributed by atoms with Gasteiger partial charge < -0.3 is 95.8 Å². The van der Waals surface area contributed by atoms with Crippen molar-refractivity contribution in [3.8, 4) is 29.4 Å². The normalized spacial score (nSPS) is 21.1. The van der Waals surface area contributed by atoms with Crippen molar-refractivity contribution in [1.29, 1.82) is 0 Å². The predicted octanol–water partition coefficient (Wildman–Crippen LogP) is 17.6. The Morgan fingerprint density at radius 2 is 0.725 bits per heavy atom. The smallest absolute Gasteiger partial charge is 0.276 e. The van der Waals surface area contributed by atoms with Gasteiger partial charge in [-0.15, -0.1) is 25.5 Å². The van der Waals surface area contributed by atoms with Crippen LogP contribution in [-0.2, 0) is 58.9 Å². The van der Waals surface area contributed by atoms with Gasteiger partial charge in [-0.25, -0.2) is 23.7 Å². The van der Waals surface area contributed by atoms with Crippen LogP contribution in [0.4, 0.5) is 48.6 Å². The molecule has 9 aromatic heterocycles. The Hall–Kier alpha value is -15.2. The SMILES string of the molecule is CC1CC(COc2nn(C)c3cc(NC(=O)c4ccccn4)ccc23)CC(C)O1.CC1CC(COc2nn(C)c3cc(NC(=O)c4ncccc4N)ccc23)CC(C)O1.CC1CC(COc2nn(C)c3cc(NC([O-])=C4C=CC(F)=CN4)ccc23)CC(C)O1.Cn1nc(OCC2CCOC(C)(C)C2)c2ccc(NC(=O)c3ccc(F)cn3)cc21.Cn1nc(OCC2CCOC(C)(C)C2)c2ccc(NC(=O)c3ncccc3N)cc21. The topological polar surface area (TPSA) is 449 Å². The van der Waals surface area contributed by atoms with E-state index in [1.807, 2.05) is 114 Å². The minimum absolute atomic E-state index is 0.109. The Bertz CT molecular complexity index is 7010. The number of anilines is 7. The highest BCUT2D eigenvalue weighted by Crippen LogP contribution is 2.39. The zero-order chi connectivity index (χ0) is 105. The van der Waals surface area contributed by atoms with Crippen LogP contribution in [0.3, 0.4) is 0 Å². The predicted molar refractivity (Wildman–Crippen MR) is 564 cm³/mol. The highest BCUT2D eigenvalue weighted by atomic mass is 19.1. The Kier molecular flexibility index (Phi) is 34.2. The third-order valence-electron chi connectivity index (χ3n) is 26.6. The highest BCUT2D eigenvalue weighted by molar-refractivity contribution is 6.09. The standard InChI is InChI=1S/C22H27FN4O3.C22H25FN4O3.2C22H27N5O3.C22H26N4O3/c1-13-8-15(9-14(2)30-13)12-29-22-18-6-5-17(10-20(18)27(3)26-22)25-21(28)19-7-4-16(23)11-24-19;1-22(2)11-14(8-9-30-22)13-29-21-17-6-5-16(10-19(17)27(3)26-21)25-20(28)18-7-4-15(23)12-24-18;1-22(2)12-14(8-10-30-22)13-29-21-16-7-6-15(11-18(16)27(3)26-21)25-20(28)19-17(23)5-4-9-24-19;1-13-9-15(10-14(2)30-13)12-29-22-17-7-6-16(11-19(17)27(3)26-22)25-21(28)20-18(23)5-4-8-24-20;1-14-10-16(11-15(2)29-14)13-28-22-18-8-7-17(12-20(18)26(3)25-22)24-21(27)19-6-4-5-9-23-19/h4-7,10-11,13-15,24-25,28H,8-9,12H2,1-3H3;4-7,10,12,14H,8-9,11,13H2,1-3H3,(H,25,28);4-7,9,11,14H,8,10,12-13,23H2,1-3H3,(H,25,28);4-8,11,13-15H,9-10,12,23H2,1-3H3,(H,25,28);4-9,12,14-16H,10-11,13H2,1-3H3,(H,24,27)/p-1. The zero-order valence-corrected chi connectivity index (χ0v) is 86.6. The third-order valence-corrected chi connectivity index (χ3v) is 26.6. The highest BCUT2D eigenvalue weighted by Gasteiger charge is 2.34. The number of hydrogen-bond acceptors (Lipinski definition) is 28. The van der Waals surface area contributed by atoms with Gasteiger partial charge in [0.1, 0.15) is 23.0 Å². The summed E-state index contributed by atoms with van der Waals surface area (Å²) in [6.45, 7) is 25.6. The number of dihydropyridines is 1. The summed E-state index contributed by atoms with van der Waals surface area (Å²) in [7, 11) is 9.26. The lowest BCUT2D eigenvalue weighted by molar-refractivity contribution is -0.301. The molecule has 20 rings (SSSR count). The Morgan fingerprint density at radius 3 is 1.03 bits per heavy atom. The number of amides is 4. The number of halogens is 2. The molecule has 5 fully saturated rings. The number of fused-ring (bicyclic) bond motifs is 5. The summed E-state index contributed by atoms with van der Waals surface area (Å²) in [5.74, 6) is 2.57. The number of carbonyl (C=O) groups is 4. The lowest BCUT2D eigenvalue weighted by Crippen LogP contribution is -2.36. The van der Waals surface area contributed by atoms with Gasteiger partial charge in [0.15, 0.2) is 11.4 Å². The summed E-state index contributed by atoms with van der Waals surface area (Å²) in [6, 6.07) is 42.4. The van der Waals surface area contributed by atoms with E-state index in [0.717, 1.165) is 144 Å². The second-order valence-corrected chi connectivity index (χ2v) is 40.2. The van der Waals surface area contributed by atoms with E-state index in [0.29, 0.717) is 138 Å². The molecule has 39 heteroatoms. The van der Waals surface area contributed by atoms with Crippen molar-refractivity contribution in [2.75, 3.05) is 84.3 Å². The Balaban J connectivity index is 0.000000133. The van der Waals surface area contributed by atoms with Crippen LogP contribution in [0.25, 0.3) is 54.5 Å². The van der Waals surface area contributed by atoms with Gasteiger partial charge in [-0.1, -0.05) is 6.07 Å². The minimum Gasteiger partial charge on any atom is -0.859 e. The number of hydrogen-bond donors (Lipinski definition) is 8. The van der Waals surface area contributed by atoms with Crippen molar-refractivity contribution >= 4 is 118 Å². The molecule has 8 atom stereocenters. The van der Waals surface area contributed by atoms with E-state index >= 15 is 0 Å². The van der Waals surface area contributed by atoms with Gasteiger partial charge in [0, 0.05) is 107 Å². The Morgan fingerprint density at radius 1 is 0.403 bits per heavy atom. The maximum atomic E-state index is 13.0. The van der Waals surface area contributed by atoms with Crippen LogP contribution < -0.4 is 72.2 Å². The number of aryl methyl sites for hydroxylation is 5. The average molecular weight is 2040 g/mol. The molecule has 0 spiro atoms. The summed E-state index contributed by atoms with van der Waals surface area (Å²) in [6.07, 6.45) is 20.8. The molecule has 0 bridgehead atoms. The van der Waals surface area contributed by atoms with Crippen LogP contribution in [0.2, 0.25) is 0 Å².